The minimum atomic E-state index is -1.75. The van der Waals surface area contributed by atoms with E-state index in [1.807, 2.05) is 6.92 Å². The van der Waals surface area contributed by atoms with Gasteiger partial charge < -0.3 is 9.84 Å². The summed E-state index contributed by atoms with van der Waals surface area (Å²) in [4.78, 5) is 8.14. The van der Waals surface area contributed by atoms with E-state index in [1.54, 1.807) is 12.1 Å². The Morgan fingerprint density at radius 2 is 1.96 bits per heavy atom. The van der Waals surface area contributed by atoms with Gasteiger partial charge in [0.25, 0.3) is 6.48 Å². The average molecular weight is 398 g/mol. The Morgan fingerprint density at radius 1 is 1.23 bits per heavy atom. The molecule has 0 saturated heterocycles. The lowest BCUT2D eigenvalue weighted by molar-refractivity contribution is -0.109. The molecular weight excluding hydrogens is 377 g/mol. The van der Waals surface area contributed by atoms with Crippen LogP contribution in [0.4, 0.5) is 4.39 Å². The molecule has 3 rings (SSSR count). The fourth-order valence-electron chi connectivity index (χ4n) is 2.34. The van der Waals surface area contributed by atoms with Gasteiger partial charge in [-0.25, -0.2) is 14.5 Å². The Labute approximate surface area is 156 Å². The van der Waals surface area contributed by atoms with E-state index in [1.165, 1.54) is 27.8 Å². The molecular formula is C16H21ClFN5O2Si. The van der Waals surface area contributed by atoms with Gasteiger partial charge in [-0.15, -0.1) is 0 Å². The highest BCUT2D eigenvalue weighted by Crippen LogP contribution is 2.27. The molecule has 140 valence electrons. The van der Waals surface area contributed by atoms with Crippen molar-refractivity contribution in [3.8, 4) is 0 Å². The second-order valence-electron chi connectivity index (χ2n) is 7.17. The summed E-state index contributed by atoms with van der Waals surface area (Å²) in [6, 6.07) is 3.28. The lowest BCUT2D eigenvalue weighted by Gasteiger charge is -2.28. The molecule has 0 aromatic carbocycles. The lowest BCUT2D eigenvalue weighted by atomic mass is 10.2. The van der Waals surface area contributed by atoms with Crippen LogP contribution in [0, 0.1) is 0 Å². The van der Waals surface area contributed by atoms with Crippen molar-refractivity contribution >= 4 is 25.3 Å². The molecule has 0 aliphatic heterocycles. The van der Waals surface area contributed by atoms with E-state index < -0.39 is 20.7 Å². The summed E-state index contributed by atoms with van der Waals surface area (Å²) in [5.74, 6) is 0. The van der Waals surface area contributed by atoms with Gasteiger partial charge in [0.1, 0.15) is 11.3 Å². The van der Waals surface area contributed by atoms with Crippen LogP contribution in [0.3, 0.4) is 0 Å². The molecule has 3 aromatic rings. The Balaban J connectivity index is 1.90. The fourth-order valence-corrected chi connectivity index (χ4v) is 3.00. The predicted molar refractivity (Wildman–Crippen MR) is 98.3 cm³/mol. The third-order valence-electron chi connectivity index (χ3n) is 4.37. The first kappa shape index (κ1) is 19.0. The van der Waals surface area contributed by atoms with Gasteiger partial charge in [-0.05, 0) is 19.1 Å². The van der Waals surface area contributed by atoms with Gasteiger partial charge in [-0.3, -0.25) is 4.57 Å². The second-order valence-corrected chi connectivity index (χ2v) is 13.1. The molecule has 3 unspecified atom stereocenters. The van der Waals surface area contributed by atoms with E-state index in [4.69, 9.17) is 16.3 Å². The van der Waals surface area contributed by atoms with Gasteiger partial charge in [0.15, 0.2) is 5.65 Å². The number of hydrogen-bond donors (Lipinski definition) is 1. The van der Waals surface area contributed by atoms with Crippen LogP contribution in [-0.4, -0.2) is 43.1 Å². The number of nitrogens with zero attached hydrogens (tertiary/aromatic N) is 5. The van der Waals surface area contributed by atoms with Crippen LogP contribution in [0.1, 0.15) is 30.9 Å². The quantitative estimate of drug-likeness (QED) is 0.645. The van der Waals surface area contributed by atoms with Gasteiger partial charge in [-0.2, -0.15) is 9.49 Å². The van der Waals surface area contributed by atoms with Crippen molar-refractivity contribution in [2.45, 2.75) is 44.9 Å². The Kier molecular flexibility index (Phi) is 5.15. The number of hydrogen-bond acceptors (Lipinski definition) is 5. The molecule has 3 atom stereocenters. The van der Waals surface area contributed by atoms with Crippen molar-refractivity contribution < 1.29 is 14.2 Å². The number of rotatable bonds is 6. The van der Waals surface area contributed by atoms with E-state index in [2.05, 4.69) is 34.7 Å². The maximum atomic E-state index is 14.7. The van der Waals surface area contributed by atoms with Gasteiger partial charge in [0.05, 0.1) is 43.9 Å². The minimum Gasteiger partial charge on any atom is -0.380 e. The number of aliphatic hydroxyl groups is 1. The summed E-state index contributed by atoms with van der Waals surface area (Å²) in [6.45, 7) is 6.41. The predicted octanol–water partition coefficient (Wildman–Crippen LogP) is 3.37. The van der Waals surface area contributed by atoms with E-state index in [0.717, 1.165) is 0 Å². The highest BCUT2D eigenvalue weighted by atomic mass is 35.5. The van der Waals surface area contributed by atoms with Gasteiger partial charge in [0.2, 0.25) is 0 Å². The maximum Gasteiger partial charge on any atom is 0.283 e. The first-order valence-electron chi connectivity index (χ1n) is 8.18. The normalized spacial score (nSPS) is 16.0. The van der Waals surface area contributed by atoms with Crippen molar-refractivity contribution in [3.05, 3.63) is 47.4 Å². The molecule has 3 heterocycles. The van der Waals surface area contributed by atoms with Crippen LogP contribution in [0.5, 0.6) is 0 Å². The third kappa shape index (κ3) is 3.66. The van der Waals surface area contributed by atoms with Crippen molar-refractivity contribution in [2.75, 3.05) is 0 Å². The summed E-state index contributed by atoms with van der Waals surface area (Å²) in [7, 11) is -1.67. The largest absolute Gasteiger partial charge is 0.380 e. The fraction of sp³-hybridized carbons (Fsp3) is 0.438. The topological polar surface area (TPSA) is 77.5 Å². The van der Waals surface area contributed by atoms with Gasteiger partial charge in [0, 0.05) is 0 Å². The van der Waals surface area contributed by atoms with Crippen molar-refractivity contribution in [2.24, 2.45) is 0 Å². The monoisotopic (exact) mass is 397 g/mol. The molecule has 0 saturated carbocycles. The average Bonchev–Trinajstić information content (AvgIpc) is 3.19. The Hall–Kier alpha value is -1.81. The standard InChI is InChI=1S/C16H21ClFN5O2Si/c1-10(26(2,3)4)25-16(18)22-9-19-7-11(22)15(24)12-8-20-14-6-5-13(17)21-23(12)14/h5-10,15-16,24H,1-4H3. The van der Waals surface area contributed by atoms with Crippen LogP contribution >= 0.6 is 11.6 Å². The van der Waals surface area contributed by atoms with E-state index >= 15 is 0 Å². The SMILES string of the molecule is CC(OC(F)n1cncc1C(O)c1cnc2ccc(Cl)nn12)[Si](C)(C)C. The number of imidazole rings is 2. The molecule has 10 heteroatoms. The highest BCUT2D eigenvalue weighted by molar-refractivity contribution is 6.77. The highest BCUT2D eigenvalue weighted by Gasteiger charge is 2.29. The molecule has 0 amide bonds. The van der Waals surface area contributed by atoms with Gasteiger partial charge in [-0.1, -0.05) is 31.2 Å². The second kappa shape index (κ2) is 7.07. The minimum absolute atomic E-state index is 0.207. The number of alkyl halides is 1. The molecule has 7 nitrogen and oxygen atoms in total. The van der Waals surface area contributed by atoms with Gasteiger partial charge >= 0.3 is 0 Å². The number of ether oxygens (including phenoxy) is 1. The van der Waals surface area contributed by atoms with Crippen LogP contribution in [-0.2, 0) is 4.74 Å². The van der Waals surface area contributed by atoms with Crippen LogP contribution in [0.25, 0.3) is 5.65 Å². The third-order valence-corrected chi connectivity index (χ3v) is 7.14. The Bertz CT molecular complexity index is 910. The van der Waals surface area contributed by atoms with Crippen LogP contribution < -0.4 is 0 Å². The molecule has 26 heavy (non-hydrogen) atoms. The molecule has 0 radical (unpaired) electrons. The molecule has 3 aromatic heterocycles. The van der Waals surface area contributed by atoms with Crippen LogP contribution in [0.2, 0.25) is 24.8 Å². The summed E-state index contributed by atoms with van der Waals surface area (Å²) < 4.78 is 22.9. The zero-order valence-electron chi connectivity index (χ0n) is 15.0. The first-order valence-corrected chi connectivity index (χ1v) is 12.1. The zero-order valence-corrected chi connectivity index (χ0v) is 16.7. The summed E-state index contributed by atoms with van der Waals surface area (Å²) in [5, 5.41) is 15.2. The lowest BCUT2D eigenvalue weighted by Crippen LogP contribution is -2.39. The zero-order chi connectivity index (χ0) is 19.1. The Morgan fingerprint density at radius 3 is 2.65 bits per heavy atom. The summed E-state index contributed by atoms with van der Waals surface area (Å²) >= 11 is 5.92. The number of aliphatic hydroxyl groups excluding tert-OH is 1. The molecule has 0 aliphatic rings. The molecule has 1 N–H and O–H groups in total. The van der Waals surface area contributed by atoms with E-state index in [0.29, 0.717) is 11.3 Å². The molecule has 0 spiro atoms. The molecule has 0 fully saturated rings. The summed E-state index contributed by atoms with van der Waals surface area (Å²) in [6.07, 6.45) is 2.97. The smallest absolute Gasteiger partial charge is 0.283 e. The number of aromatic nitrogens is 5. The number of halogens is 2. The van der Waals surface area contributed by atoms with Crippen molar-refractivity contribution in [1.29, 1.82) is 0 Å². The number of fused-ring (bicyclic) bond motifs is 1. The van der Waals surface area contributed by atoms with E-state index in [-0.39, 0.29) is 16.6 Å². The maximum absolute atomic E-state index is 14.7. The first-order chi connectivity index (χ1) is 12.2. The van der Waals surface area contributed by atoms with Crippen molar-refractivity contribution in [1.82, 2.24) is 24.1 Å². The molecule has 0 aliphatic carbocycles. The van der Waals surface area contributed by atoms with Crippen LogP contribution in [0.15, 0.2) is 30.9 Å². The van der Waals surface area contributed by atoms with Crippen molar-refractivity contribution in [3.63, 3.8) is 0 Å². The summed E-state index contributed by atoms with van der Waals surface area (Å²) in [5.41, 5.74) is 0.912. The van der Waals surface area contributed by atoms with E-state index in [9.17, 15) is 9.50 Å². The molecule has 0 bridgehead atoms.